The molecule has 0 spiro atoms. The summed E-state index contributed by atoms with van der Waals surface area (Å²) in [5, 5.41) is 3.64. The molecule has 0 amide bonds. The first-order chi connectivity index (χ1) is 7.76. The molecule has 3 N–H and O–H groups in total. The highest BCUT2D eigenvalue weighted by molar-refractivity contribution is 9.10. The third-order valence-electron chi connectivity index (χ3n) is 4.59. The molecule has 1 saturated carbocycles. The van der Waals surface area contributed by atoms with E-state index < -0.39 is 0 Å². The molecule has 0 atom stereocenters. The summed E-state index contributed by atoms with van der Waals surface area (Å²) in [6, 6.07) is 6.52. The van der Waals surface area contributed by atoms with Crippen molar-refractivity contribution in [3.05, 3.63) is 28.2 Å². The SMILES string of the molecule is CC1(C)C(NCc2cc(N)ccc2Br)C1(C)C. The van der Waals surface area contributed by atoms with Gasteiger partial charge in [0.05, 0.1) is 0 Å². The van der Waals surface area contributed by atoms with Gasteiger partial charge in [-0.3, -0.25) is 0 Å². The maximum absolute atomic E-state index is 5.81. The fraction of sp³-hybridized carbons (Fsp3) is 0.571. The molecule has 1 aliphatic carbocycles. The van der Waals surface area contributed by atoms with E-state index in [1.54, 1.807) is 0 Å². The summed E-state index contributed by atoms with van der Waals surface area (Å²) < 4.78 is 1.12. The van der Waals surface area contributed by atoms with Crippen molar-refractivity contribution in [2.24, 2.45) is 10.8 Å². The van der Waals surface area contributed by atoms with Crippen molar-refractivity contribution in [2.45, 2.75) is 40.3 Å². The zero-order valence-corrected chi connectivity index (χ0v) is 12.6. The molecular formula is C14H21BrN2. The number of hydrogen-bond donors (Lipinski definition) is 2. The van der Waals surface area contributed by atoms with Gasteiger partial charge in [-0.15, -0.1) is 0 Å². The standard InChI is InChI=1S/C14H21BrN2/c1-13(2)12(14(13,3)4)17-8-9-7-10(16)5-6-11(9)15/h5-7,12,17H,8,16H2,1-4H3. The molecule has 0 saturated heterocycles. The molecule has 0 bridgehead atoms. The zero-order valence-electron chi connectivity index (χ0n) is 11.0. The number of benzene rings is 1. The van der Waals surface area contributed by atoms with Gasteiger partial charge in [0.15, 0.2) is 0 Å². The maximum Gasteiger partial charge on any atom is 0.0318 e. The predicted octanol–water partition coefficient (Wildman–Crippen LogP) is 3.56. The van der Waals surface area contributed by atoms with Gasteiger partial charge in [-0.05, 0) is 34.6 Å². The van der Waals surface area contributed by atoms with Crippen LogP contribution in [0.3, 0.4) is 0 Å². The Kier molecular flexibility index (Phi) is 3.03. The minimum absolute atomic E-state index is 0.375. The first-order valence-electron chi connectivity index (χ1n) is 6.04. The Morgan fingerprint density at radius 2 is 1.82 bits per heavy atom. The number of nitrogen functional groups attached to an aromatic ring is 1. The van der Waals surface area contributed by atoms with Gasteiger partial charge in [0, 0.05) is 22.7 Å². The highest BCUT2D eigenvalue weighted by Gasteiger charge is 2.64. The Morgan fingerprint density at radius 3 is 2.35 bits per heavy atom. The van der Waals surface area contributed by atoms with E-state index in [0.717, 1.165) is 16.7 Å². The molecule has 1 fully saturated rings. The van der Waals surface area contributed by atoms with Gasteiger partial charge in [0.25, 0.3) is 0 Å². The Labute approximate surface area is 112 Å². The number of hydrogen-bond acceptors (Lipinski definition) is 2. The minimum Gasteiger partial charge on any atom is -0.399 e. The van der Waals surface area contributed by atoms with Crippen LogP contribution in [0.1, 0.15) is 33.3 Å². The largest absolute Gasteiger partial charge is 0.399 e. The van der Waals surface area contributed by atoms with Crippen molar-refractivity contribution in [3.8, 4) is 0 Å². The van der Waals surface area contributed by atoms with E-state index in [2.05, 4.69) is 48.9 Å². The molecule has 3 heteroatoms. The van der Waals surface area contributed by atoms with E-state index in [1.807, 2.05) is 18.2 Å². The summed E-state index contributed by atoms with van der Waals surface area (Å²) in [4.78, 5) is 0. The van der Waals surface area contributed by atoms with Crippen molar-refractivity contribution in [2.75, 3.05) is 5.73 Å². The second-order valence-corrected chi connectivity index (χ2v) is 6.96. The van der Waals surface area contributed by atoms with Crippen molar-refractivity contribution in [1.82, 2.24) is 5.32 Å². The van der Waals surface area contributed by atoms with Gasteiger partial charge in [-0.2, -0.15) is 0 Å². The molecule has 2 nitrogen and oxygen atoms in total. The molecule has 0 heterocycles. The van der Waals surface area contributed by atoms with Crippen molar-refractivity contribution in [3.63, 3.8) is 0 Å². The summed E-state index contributed by atoms with van der Waals surface area (Å²) in [7, 11) is 0. The van der Waals surface area contributed by atoms with Crippen LogP contribution in [0.2, 0.25) is 0 Å². The lowest BCUT2D eigenvalue weighted by Crippen LogP contribution is -2.21. The summed E-state index contributed by atoms with van der Waals surface area (Å²) >= 11 is 3.56. The average Bonchev–Trinajstić information content (AvgIpc) is 2.60. The van der Waals surface area contributed by atoms with Crippen molar-refractivity contribution in [1.29, 1.82) is 0 Å². The Balaban J connectivity index is 2.03. The molecule has 1 aliphatic rings. The second kappa shape index (κ2) is 3.99. The second-order valence-electron chi connectivity index (χ2n) is 6.11. The quantitative estimate of drug-likeness (QED) is 0.837. The number of halogens is 1. The van der Waals surface area contributed by atoms with Crippen LogP contribution in [0.4, 0.5) is 5.69 Å². The lowest BCUT2D eigenvalue weighted by Gasteiger charge is -2.09. The van der Waals surface area contributed by atoms with Crippen LogP contribution in [0.5, 0.6) is 0 Å². The summed E-state index contributed by atoms with van der Waals surface area (Å²) in [6.07, 6.45) is 0. The molecule has 94 valence electrons. The topological polar surface area (TPSA) is 38.0 Å². The van der Waals surface area contributed by atoms with E-state index in [4.69, 9.17) is 5.73 Å². The monoisotopic (exact) mass is 296 g/mol. The highest BCUT2D eigenvalue weighted by atomic mass is 79.9. The van der Waals surface area contributed by atoms with Crippen molar-refractivity contribution < 1.29 is 0 Å². The molecule has 0 radical (unpaired) electrons. The molecule has 1 aromatic carbocycles. The lowest BCUT2D eigenvalue weighted by atomic mass is 10.0. The third kappa shape index (κ3) is 2.11. The van der Waals surface area contributed by atoms with Gasteiger partial charge in [0.1, 0.15) is 0 Å². The molecule has 0 aliphatic heterocycles. The van der Waals surface area contributed by atoms with Crippen molar-refractivity contribution >= 4 is 21.6 Å². The minimum atomic E-state index is 0.375. The number of rotatable bonds is 3. The predicted molar refractivity (Wildman–Crippen MR) is 76.7 cm³/mol. The Morgan fingerprint density at radius 1 is 1.24 bits per heavy atom. The number of nitrogens with one attached hydrogen (secondary N) is 1. The van der Waals surface area contributed by atoms with Gasteiger partial charge in [-0.1, -0.05) is 43.6 Å². The van der Waals surface area contributed by atoms with Crippen LogP contribution < -0.4 is 11.1 Å². The van der Waals surface area contributed by atoms with Gasteiger partial charge in [-0.25, -0.2) is 0 Å². The normalized spacial score (nSPS) is 21.5. The average molecular weight is 297 g/mol. The lowest BCUT2D eigenvalue weighted by molar-refractivity contribution is 0.457. The van der Waals surface area contributed by atoms with Gasteiger partial charge < -0.3 is 11.1 Å². The van der Waals surface area contributed by atoms with E-state index in [9.17, 15) is 0 Å². The van der Waals surface area contributed by atoms with Crippen LogP contribution in [0, 0.1) is 10.8 Å². The fourth-order valence-corrected chi connectivity index (χ4v) is 3.04. The zero-order chi connectivity index (χ0) is 12.8. The molecule has 2 rings (SSSR count). The van der Waals surface area contributed by atoms with E-state index in [0.29, 0.717) is 16.9 Å². The Hall–Kier alpha value is -0.540. The first kappa shape index (κ1) is 12.9. The Bertz CT molecular complexity index is 424. The van der Waals surface area contributed by atoms with Crippen LogP contribution >= 0.6 is 15.9 Å². The first-order valence-corrected chi connectivity index (χ1v) is 6.83. The van der Waals surface area contributed by atoms with Crippen LogP contribution in [0.25, 0.3) is 0 Å². The molecule has 0 aromatic heterocycles. The summed E-state index contributed by atoms with van der Waals surface area (Å²) in [6.45, 7) is 10.1. The number of nitrogens with two attached hydrogens (primary N) is 1. The van der Waals surface area contributed by atoms with E-state index >= 15 is 0 Å². The molecular weight excluding hydrogens is 276 g/mol. The highest BCUT2D eigenvalue weighted by Crippen LogP contribution is 2.62. The van der Waals surface area contributed by atoms with Gasteiger partial charge in [0.2, 0.25) is 0 Å². The molecule has 17 heavy (non-hydrogen) atoms. The van der Waals surface area contributed by atoms with E-state index in [1.165, 1.54) is 5.56 Å². The summed E-state index contributed by atoms with van der Waals surface area (Å²) in [5.74, 6) is 0. The third-order valence-corrected chi connectivity index (χ3v) is 5.36. The smallest absolute Gasteiger partial charge is 0.0318 e. The maximum atomic E-state index is 5.81. The van der Waals surface area contributed by atoms with Crippen LogP contribution in [0.15, 0.2) is 22.7 Å². The van der Waals surface area contributed by atoms with Gasteiger partial charge >= 0.3 is 0 Å². The number of anilines is 1. The van der Waals surface area contributed by atoms with Crippen LogP contribution in [-0.4, -0.2) is 6.04 Å². The molecule has 0 unspecified atom stereocenters. The van der Waals surface area contributed by atoms with Crippen LogP contribution in [-0.2, 0) is 6.54 Å². The summed E-state index contributed by atoms with van der Waals surface area (Å²) in [5.41, 5.74) is 8.60. The molecule has 1 aromatic rings. The van der Waals surface area contributed by atoms with E-state index in [-0.39, 0.29) is 0 Å². The fourth-order valence-electron chi connectivity index (χ4n) is 2.65.